The van der Waals surface area contributed by atoms with Gasteiger partial charge in [-0.05, 0) is 48.8 Å². The third-order valence-electron chi connectivity index (χ3n) is 6.52. The van der Waals surface area contributed by atoms with Gasteiger partial charge < -0.3 is 29.0 Å². The molecule has 2 aromatic carbocycles. The standard InChI is InChI=1S/C28H35NO6/c1-6-20(2)28(21-11-8-7-9-12-21,22-13-15-23(32-4)16-14-22)34-19-24-25(31)26(33-5)27(35-24)29(3)17-10-18-30/h6-18,24-27,31H,19H2,1-5H3/b17-10-,20-6+. The minimum absolute atomic E-state index is 0.106. The van der Waals surface area contributed by atoms with E-state index in [1.165, 1.54) is 13.2 Å². The Morgan fingerprint density at radius 1 is 1.11 bits per heavy atom. The Morgan fingerprint density at radius 3 is 2.34 bits per heavy atom. The van der Waals surface area contributed by atoms with Crippen LogP contribution < -0.4 is 4.74 Å². The first kappa shape index (κ1) is 26.6. The van der Waals surface area contributed by atoms with Crippen LogP contribution >= 0.6 is 0 Å². The Morgan fingerprint density at radius 2 is 1.77 bits per heavy atom. The summed E-state index contributed by atoms with van der Waals surface area (Å²) in [5.41, 5.74) is 1.97. The molecule has 1 aliphatic heterocycles. The molecule has 188 valence electrons. The summed E-state index contributed by atoms with van der Waals surface area (Å²) in [6.07, 6.45) is 2.92. The quantitative estimate of drug-likeness (QED) is 0.298. The molecule has 1 fully saturated rings. The van der Waals surface area contributed by atoms with Crippen molar-refractivity contribution in [2.45, 2.75) is 44.0 Å². The van der Waals surface area contributed by atoms with Crippen molar-refractivity contribution in [1.82, 2.24) is 4.90 Å². The summed E-state index contributed by atoms with van der Waals surface area (Å²) in [6.45, 7) is 4.11. The topological polar surface area (TPSA) is 77.5 Å². The second-order valence-corrected chi connectivity index (χ2v) is 8.46. The van der Waals surface area contributed by atoms with Gasteiger partial charge in [0.05, 0.1) is 13.7 Å². The van der Waals surface area contributed by atoms with Crippen LogP contribution in [0.4, 0.5) is 0 Å². The third kappa shape index (κ3) is 5.49. The molecule has 1 aliphatic rings. The molecule has 0 aromatic heterocycles. The van der Waals surface area contributed by atoms with Crippen molar-refractivity contribution < 1.29 is 28.8 Å². The summed E-state index contributed by atoms with van der Waals surface area (Å²) in [5.74, 6) is 0.751. The van der Waals surface area contributed by atoms with E-state index in [9.17, 15) is 9.90 Å². The normalized spacial score (nSPS) is 24.3. The van der Waals surface area contributed by atoms with E-state index < -0.39 is 30.1 Å². The first-order valence-electron chi connectivity index (χ1n) is 11.6. The summed E-state index contributed by atoms with van der Waals surface area (Å²) >= 11 is 0. The Labute approximate surface area is 207 Å². The zero-order valence-electron chi connectivity index (χ0n) is 21.0. The van der Waals surface area contributed by atoms with E-state index in [1.807, 2.05) is 74.5 Å². The van der Waals surface area contributed by atoms with Crippen LogP contribution in [0.25, 0.3) is 0 Å². The number of likely N-dealkylation sites (N-methyl/N-ethyl adjacent to an activating group) is 1. The fraction of sp³-hybridized carbons (Fsp3) is 0.393. The highest BCUT2D eigenvalue weighted by Crippen LogP contribution is 2.42. The number of aliphatic hydroxyl groups excluding tert-OH is 1. The van der Waals surface area contributed by atoms with Crippen molar-refractivity contribution in [3.63, 3.8) is 0 Å². The second-order valence-electron chi connectivity index (χ2n) is 8.46. The van der Waals surface area contributed by atoms with Crippen LogP contribution in [0.1, 0.15) is 25.0 Å². The van der Waals surface area contributed by atoms with Gasteiger partial charge in [-0.25, -0.2) is 0 Å². The zero-order valence-corrected chi connectivity index (χ0v) is 21.0. The maximum Gasteiger partial charge on any atom is 0.159 e. The van der Waals surface area contributed by atoms with Crippen molar-refractivity contribution in [2.24, 2.45) is 0 Å². The fourth-order valence-electron chi connectivity index (χ4n) is 4.51. The second kappa shape index (κ2) is 12.1. The average molecular weight is 482 g/mol. The predicted molar refractivity (Wildman–Crippen MR) is 134 cm³/mol. The lowest BCUT2D eigenvalue weighted by Crippen LogP contribution is -2.42. The lowest BCUT2D eigenvalue weighted by atomic mass is 9.80. The summed E-state index contributed by atoms with van der Waals surface area (Å²) in [5, 5.41) is 11.0. The number of rotatable bonds is 11. The molecule has 0 spiro atoms. The van der Waals surface area contributed by atoms with E-state index in [1.54, 1.807) is 25.3 Å². The van der Waals surface area contributed by atoms with Gasteiger partial charge in [-0.2, -0.15) is 0 Å². The highest BCUT2D eigenvalue weighted by Gasteiger charge is 2.47. The van der Waals surface area contributed by atoms with Gasteiger partial charge in [-0.15, -0.1) is 0 Å². The number of aliphatic hydroxyl groups is 1. The van der Waals surface area contributed by atoms with Crippen LogP contribution in [0.3, 0.4) is 0 Å². The molecule has 1 N–H and O–H groups in total. The Bertz CT molecular complexity index is 1010. The zero-order chi connectivity index (χ0) is 25.4. The van der Waals surface area contributed by atoms with E-state index >= 15 is 0 Å². The minimum atomic E-state index is -0.924. The van der Waals surface area contributed by atoms with Crippen molar-refractivity contribution in [3.8, 4) is 5.75 Å². The molecule has 7 nitrogen and oxygen atoms in total. The number of carbonyl (C=O) groups excluding carboxylic acids is 1. The number of aldehydes is 1. The highest BCUT2D eigenvalue weighted by atomic mass is 16.6. The molecule has 0 saturated carbocycles. The van der Waals surface area contributed by atoms with E-state index in [0.717, 1.165) is 22.4 Å². The van der Waals surface area contributed by atoms with Gasteiger partial charge in [-0.1, -0.05) is 48.5 Å². The monoisotopic (exact) mass is 481 g/mol. The van der Waals surface area contributed by atoms with Gasteiger partial charge in [-0.3, -0.25) is 4.79 Å². The predicted octanol–water partition coefficient (Wildman–Crippen LogP) is 3.67. The Balaban J connectivity index is 1.98. The van der Waals surface area contributed by atoms with Crippen LogP contribution in [-0.2, 0) is 24.6 Å². The molecule has 5 unspecified atom stereocenters. The van der Waals surface area contributed by atoms with Crippen molar-refractivity contribution in [2.75, 3.05) is 27.9 Å². The lowest BCUT2D eigenvalue weighted by molar-refractivity contribution is -0.107. The van der Waals surface area contributed by atoms with Crippen molar-refractivity contribution in [1.29, 1.82) is 0 Å². The molecule has 2 aromatic rings. The Kier molecular flexibility index (Phi) is 9.23. The first-order chi connectivity index (χ1) is 16.9. The molecule has 3 rings (SSSR count). The van der Waals surface area contributed by atoms with Gasteiger partial charge in [0, 0.05) is 20.4 Å². The summed E-state index contributed by atoms with van der Waals surface area (Å²) in [6, 6.07) is 17.8. The summed E-state index contributed by atoms with van der Waals surface area (Å²) in [4.78, 5) is 12.5. The molecular weight excluding hydrogens is 446 g/mol. The molecule has 1 heterocycles. The number of ether oxygens (including phenoxy) is 4. The van der Waals surface area contributed by atoms with Crippen LogP contribution in [0.2, 0.25) is 0 Å². The molecule has 1 saturated heterocycles. The minimum Gasteiger partial charge on any atom is -0.497 e. The summed E-state index contributed by atoms with van der Waals surface area (Å²) in [7, 11) is 4.93. The third-order valence-corrected chi connectivity index (χ3v) is 6.52. The number of methoxy groups -OCH3 is 2. The van der Waals surface area contributed by atoms with Crippen LogP contribution in [-0.4, -0.2) is 68.7 Å². The van der Waals surface area contributed by atoms with Crippen molar-refractivity contribution in [3.05, 3.63) is 89.6 Å². The molecule has 35 heavy (non-hydrogen) atoms. The molecule has 0 amide bonds. The lowest BCUT2D eigenvalue weighted by Gasteiger charge is -2.37. The van der Waals surface area contributed by atoms with Gasteiger partial charge in [0.1, 0.15) is 35.9 Å². The maximum atomic E-state index is 11.0. The molecule has 0 aliphatic carbocycles. The molecule has 7 heteroatoms. The van der Waals surface area contributed by atoms with E-state index in [4.69, 9.17) is 18.9 Å². The number of carbonyl (C=O) groups is 1. The number of hydrogen-bond acceptors (Lipinski definition) is 7. The van der Waals surface area contributed by atoms with Crippen LogP contribution in [0.5, 0.6) is 5.75 Å². The maximum absolute atomic E-state index is 11.0. The largest absolute Gasteiger partial charge is 0.497 e. The molecule has 0 radical (unpaired) electrons. The first-order valence-corrected chi connectivity index (χ1v) is 11.6. The average Bonchev–Trinajstić information content (AvgIpc) is 3.23. The van der Waals surface area contributed by atoms with Gasteiger partial charge in [0.2, 0.25) is 0 Å². The number of allylic oxidation sites excluding steroid dienone is 2. The number of benzene rings is 2. The van der Waals surface area contributed by atoms with Gasteiger partial charge >= 0.3 is 0 Å². The van der Waals surface area contributed by atoms with Crippen LogP contribution in [0, 0.1) is 0 Å². The van der Waals surface area contributed by atoms with E-state index in [0.29, 0.717) is 6.29 Å². The van der Waals surface area contributed by atoms with E-state index in [-0.39, 0.29) is 6.61 Å². The van der Waals surface area contributed by atoms with Crippen LogP contribution in [0.15, 0.2) is 78.5 Å². The smallest absolute Gasteiger partial charge is 0.159 e. The molecule has 5 atom stereocenters. The van der Waals surface area contributed by atoms with Gasteiger partial charge in [0.15, 0.2) is 6.23 Å². The van der Waals surface area contributed by atoms with E-state index in [2.05, 4.69) is 0 Å². The molecule has 0 bridgehead atoms. The Hall–Kier alpha value is -2.97. The SMILES string of the molecule is C/C=C(\C)C(OCC1OC(N(C)/C=C\C=O)C(OC)C1O)(c1ccccc1)c1ccc(OC)cc1. The molecular formula is C28H35NO6. The van der Waals surface area contributed by atoms with Crippen molar-refractivity contribution >= 4 is 6.29 Å². The van der Waals surface area contributed by atoms with Gasteiger partial charge in [0.25, 0.3) is 0 Å². The summed E-state index contributed by atoms with van der Waals surface area (Å²) < 4.78 is 23.8. The fourth-order valence-corrected chi connectivity index (χ4v) is 4.51. The highest BCUT2D eigenvalue weighted by molar-refractivity contribution is 5.64. The number of hydrogen-bond donors (Lipinski definition) is 1. The number of nitrogens with zero attached hydrogens (tertiary/aromatic N) is 1.